The Labute approximate surface area is 120 Å². The summed E-state index contributed by atoms with van der Waals surface area (Å²) >= 11 is 0. The number of ether oxygens (including phenoxy) is 1. The third-order valence-electron chi connectivity index (χ3n) is 4.36. The van der Waals surface area contributed by atoms with E-state index in [2.05, 4.69) is 20.8 Å². The van der Waals surface area contributed by atoms with Crippen LogP contribution in [0.4, 0.5) is 0 Å². The van der Waals surface area contributed by atoms with E-state index < -0.39 is 10.0 Å². The molecule has 1 aromatic carbocycles. The minimum absolute atomic E-state index is 0.0298. The van der Waals surface area contributed by atoms with Crippen molar-refractivity contribution in [3.8, 4) is 0 Å². The third-order valence-corrected chi connectivity index (χ3v) is 6.38. The van der Waals surface area contributed by atoms with Gasteiger partial charge in [-0.15, -0.1) is 0 Å². The maximum atomic E-state index is 12.7. The van der Waals surface area contributed by atoms with Gasteiger partial charge in [0.15, 0.2) is 0 Å². The van der Waals surface area contributed by atoms with E-state index in [0.29, 0.717) is 24.7 Å². The molecular weight excluding hydrogens is 274 g/mol. The molecule has 0 radical (unpaired) electrons. The Morgan fingerprint density at radius 2 is 1.75 bits per heavy atom. The first-order chi connectivity index (χ1) is 9.26. The van der Waals surface area contributed by atoms with Gasteiger partial charge in [0.1, 0.15) is 0 Å². The molecule has 3 rings (SSSR count). The lowest BCUT2D eigenvalue weighted by molar-refractivity contribution is -0.156. The second-order valence-corrected chi connectivity index (χ2v) is 8.68. The Morgan fingerprint density at radius 3 is 2.10 bits per heavy atom. The Morgan fingerprint density at radius 1 is 1.15 bits per heavy atom. The Bertz CT molecular complexity index is 604. The summed E-state index contributed by atoms with van der Waals surface area (Å²) in [6.45, 7) is 8.03. The van der Waals surface area contributed by atoms with Crippen LogP contribution in [0, 0.1) is 0 Å². The molecule has 0 bridgehead atoms. The smallest absolute Gasteiger partial charge is 0.243 e. The van der Waals surface area contributed by atoms with E-state index in [1.807, 2.05) is 12.1 Å². The zero-order valence-corrected chi connectivity index (χ0v) is 13.0. The van der Waals surface area contributed by atoms with Gasteiger partial charge in [0, 0.05) is 6.54 Å². The van der Waals surface area contributed by atoms with Crippen molar-refractivity contribution < 1.29 is 13.2 Å². The highest BCUT2D eigenvalue weighted by Gasteiger charge is 2.56. The standard InChI is InChI=1S/C15H21NO3S/c1-14(2,3)12-4-6-13(7-5-12)20(17,18)16-9-8-15(16)10-19-11-15/h4-7H,8-11H2,1-3H3. The molecule has 0 atom stereocenters. The fourth-order valence-electron chi connectivity index (χ4n) is 2.77. The van der Waals surface area contributed by atoms with Crippen molar-refractivity contribution in [2.24, 2.45) is 0 Å². The fraction of sp³-hybridized carbons (Fsp3) is 0.600. The normalized spacial score (nSPS) is 22.4. The molecule has 0 amide bonds. The summed E-state index contributed by atoms with van der Waals surface area (Å²) in [5.41, 5.74) is 0.922. The zero-order chi connectivity index (χ0) is 14.6. The van der Waals surface area contributed by atoms with E-state index in [0.717, 1.165) is 12.0 Å². The summed E-state index contributed by atoms with van der Waals surface area (Å²) in [6, 6.07) is 7.27. The second kappa shape index (κ2) is 4.29. The molecule has 1 aromatic rings. The molecule has 1 spiro atoms. The van der Waals surface area contributed by atoms with Crippen LogP contribution in [0.1, 0.15) is 32.8 Å². The average molecular weight is 295 g/mol. The van der Waals surface area contributed by atoms with Crippen molar-refractivity contribution in [1.29, 1.82) is 0 Å². The maximum absolute atomic E-state index is 12.7. The number of hydrogen-bond acceptors (Lipinski definition) is 3. The van der Waals surface area contributed by atoms with Gasteiger partial charge in [-0.2, -0.15) is 4.31 Å². The average Bonchev–Trinajstić information content (AvgIpc) is 2.24. The van der Waals surface area contributed by atoms with Gasteiger partial charge in [-0.1, -0.05) is 32.9 Å². The lowest BCUT2D eigenvalue weighted by Crippen LogP contribution is -2.71. The molecule has 0 aliphatic carbocycles. The van der Waals surface area contributed by atoms with Crippen LogP contribution >= 0.6 is 0 Å². The van der Waals surface area contributed by atoms with Gasteiger partial charge in [0.25, 0.3) is 0 Å². The molecular formula is C15H21NO3S. The number of nitrogens with zero attached hydrogens (tertiary/aromatic N) is 1. The van der Waals surface area contributed by atoms with E-state index in [1.54, 1.807) is 16.4 Å². The Balaban J connectivity index is 1.88. The highest BCUT2D eigenvalue weighted by atomic mass is 32.2. The van der Waals surface area contributed by atoms with E-state index in [4.69, 9.17) is 4.74 Å². The first kappa shape index (κ1) is 14.0. The maximum Gasteiger partial charge on any atom is 0.243 e. The van der Waals surface area contributed by atoms with Crippen LogP contribution in [0.15, 0.2) is 29.2 Å². The van der Waals surface area contributed by atoms with Crippen molar-refractivity contribution in [2.45, 2.75) is 43.0 Å². The molecule has 2 saturated heterocycles. The number of rotatable bonds is 2. The van der Waals surface area contributed by atoms with E-state index in [-0.39, 0.29) is 11.0 Å². The van der Waals surface area contributed by atoms with Gasteiger partial charge in [0.05, 0.1) is 23.6 Å². The van der Waals surface area contributed by atoms with Crippen molar-refractivity contribution in [2.75, 3.05) is 19.8 Å². The zero-order valence-electron chi connectivity index (χ0n) is 12.2. The summed E-state index contributed by atoms with van der Waals surface area (Å²) in [5.74, 6) is 0. The molecule has 2 fully saturated rings. The largest absolute Gasteiger partial charge is 0.377 e. The summed E-state index contributed by atoms with van der Waals surface area (Å²) in [7, 11) is -3.38. The summed E-state index contributed by atoms with van der Waals surface area (Å²) in [5, 5.41) is 0. The van der Waals surface area contributed by atoms with Crippen LogP contribution < -0.4 is 0 Å². The first-order valence-corrected chi connectivity index (χ1v) is 8.41. The topological polar surface area (TPSA) is 46.6 Å². The van der Waals surface area contributed by atoms with Crippen molar-refractivity contribution >= 4 is 10.0 Å². The van der Waals surface area contributed by atoms with Gasteiger partial charge >= 0.3 is 0 Å². The lowest BCUT2D eigenvalue weighted by Gasteiger charge is -2.56. The number of benzene rings is 1. The van der Waals surface area contributed by atoms with Crippen molar-refractivity contribution in [1.82, 2.24) is 4.31 Å². The molecule has 4 nitrogen and oxygen atoms in total. The van der Waals surface area contributed by atoms with Gasteiger partial charge in [0.2, 0.25) is 10.0 Å². The molecule has 20 heavy (non-hydrogen) atoms. The summed E-state index contributed by atoms with van der Waals surface area (Å²) in [4.78, 5) is 0.386. The quantitative estimate of drug-likeness (QED) is 0.840. The molecule has 110 valence electrons. The summed E-state index contributed by atoms with van der Waals surface area (Å²) in [6.07, 6.45) is 0.909. The first-order valence-electron chi connectivity index (χ1n) is 6.97. The second-order valence-electron chi connectivity index (χ2n) is 6.82. The van der Waals surface area contributed by atoms with E-state index in [9.17, 15) is 8.42 Å². The van der Waals surface area contributed by atoms with Crippen LogP contribution in [0.5, 0.6) is 0 Å². The lowest BCUT2D eigenvalue weighted by atomic mass is 9.86. The predicted octanol–water partition coefficient (Wildman–Crippen LogP) is 2.15. The Hall–Kier alpha value is -0.910. The van der Waals surface area contributed by atoms with Gasteiger partial charge < -0.3 is 4.74 Å². The van der Waals surface area contributed by atoms with Crippen molar-refractivity contribution in [3.05, 3.63) is 29.8 Å². The minimum atomic E-state index is -3.38. The predicted molar refractivity (Wildman–Crippen MR) is 77.2 cm³/mol. The minimum Gasteiger partial charge on any atom is -0.377 e. The Kier molecular flexibility index (Phi) is 3.01. The molecule has 0 N–H and O–H groups in total. The molecule has 0 aromatic heterocycles. The number of hydrogen-bond donors (Lipinski definition) is 0. The molecule has 0 saturated carbocycles. The SMILES string of the molecule is CC(C)(C)c1ccc(S(=O)(=O)N2CCC23COC3)cc1. The summed E-state index contributed by atoms with van der Waals surface area (Å²) < 4.78 is 32.1. The molecule has 2 aliphatic rings. The fourth-order valence-corrected chi connectivity index (χ4v) is 4.55. The van der Waals surface area contributed by atoms with E-state index >= 15 is 0 Å². The van der Waals surface area contributed by atoms with Gasteiger partial charge in [-0.05, 0) is 29.5 Å². The van der Waals surface area contributed by atoms with Crippen LogP contribution in [0.25, 0.3) is 0 Å². The van der Waals surface area contributed by atoms with Crippen LogP contribution in [-0.2, 0) is 20.2 Å². The highest BCUT2D eigenvalue weighted by Crippen LogP contribution is 2.41. The van der Waals surface area contributed by atoms with Crippen LogP contribution in [0.3, 0.4) is 0 Å². The molecule has 2 heterocycles. The monoisotopic (exact) mass is 295 g/mol. The van der Waals surface area contributed by atoms with Crippen LogP contribution in [0.2, 0.25) is 0 Å². The van der Waals surface area contributed by atoms with Crippen LogP contribution in [-0.4, -0.2) is 38.0 Å². The third kappa shape index (κ3) is 2.00. The van der Waals surface area contributed by atoms with Gasteiger partial charge in [-0.3, -0.25) is 0 Å². The van der Waals surface area contributed by atoms with Crippen molar-refractivity contribution in [3.63, 3.8) is 0 Å². The molecule has 0 unspecified atom stereocenters. The highest BCUT2D eigenvalue weighted by molar-refractivity contribution is 7.89. The molecule has 2 aliphatic heterocycles. The van der Waals surface area contributed by atoms with E-state index in [1.165, 1.54) is 0 Å². The number of sulfonamides is 1. The molecule has 5 heteroatoms. The van der Waals surface area contributed by atoms with Gasteiger partial charge in [-0.25, -0.2) is 8.42 Å².